The van der Waals surface area contributed by atoms with Gasteiger partial charge in [0.15, 0.2) is 0 Å². The molecule has 3 aromatic rings. The second kappa shape index (κ2) is 10.9. The van der Waals surface area contributed by atoms with E-state index in [0.29, 0.717) is 35.8 Å². The molecule has 0 bridgehead atoms. The van der Waals surface area contributed by atoms with Crippen molar-refractivity contribution in [1.82, 2.24) is 4.90 Å². The Morgan fingerprint density at radius 3 is 2.33 bits per heavy atom. The van der Waals surface area contributed by atoms with Crippen molar-refractivity contribution in [1.29, 1.82) is 5.26 Å². The van der Waals surface area contributed by atoms with Crippen molar-refractivity contribution in [2.45, 2.75) is 31.4 Å². The van der Waals surface area contributed by atoms with Crippen LogP contribution in [0.2, 0.25) is 5.02 Å². The molecule has 0 saturated carbocycles. The normalized spacial score (nSPS) is 16.1. The molecule has 1 heterocycles. The lowest BCUT2D eigenvalue weighted by Crippen LogP contribution is -2.55. The molecule has 1 aliphatic heterocycles. The van der Waals surface area contributed by atoms with Gasteiger partial charge >= 0.3 is 0 Å². The van der Waals surface area contributed by atoms with Gasteiger partial charge in [0, 0.05) is 30.1 Å². The lowest BCUT2D eigenvalue weighted by atomic mass is 9.71. The summed E-state index contributed by atoms with van der Waals surface area (Å²) in [4.78, 5) is 2.32. The fourth-order valence-corrected chi connectivity index (χ4v) is 5.49. The fraction of sp³-hybridized carbons (Fsp3) is 0.300. The van der Waals surface area contributed by atoms with Crippen molar-refractivity contribution in [3.8, 4) is 6.07 Å². The summed E-state index contributed by atoms with van der Waals surface area (Å²) in [5, 5.41) is 10.1. The predicted molar refractivity (Wildman–Crippen MR) is 139 cm³/mol. The fourth-order valence-electron chi connectivity index (χ4n) is 5.37. The molecular formula is C30H29ClF2N2O. The molecule has 0 radical (unpaired) electrons. The number of halogens is 3. The zero-order valence-corrected chi connectivity index (χ0v) is 21.2. The van der Waals surface area contributed by atoms with Crippen LogP contribution in [0, 0.1) is 28.9 Å². The van der Waals surface area contributed by atoms with Gasteiger partial charge in [0.2, 0.25) is 0 Å². The first-order valence-corrected chi connectivity index (χ1v) is 12.3. The van der Waals surface area contributed by atoms with Crippen LogP contribution in [0.5, 0.6) is 0 Å². The van der Waals surface area contributed by atoms with E-state index in [1.807, 2.05) is 56.3 Å². The molecule has 3 aromatic carbocycles. The molecule has 0 unspecified atom stereocenters. The molecule has 1 fully saturated rings. The third-order valence-electron chi connectivity index (χ3n) is 6.86. The van der Waals surface area contributed by atoms with E-state index in [-0.39, 0.29) is 17.9 Å². The molecule has 6 heteroatoms. The lowest BCUT2D eigenvalue weighted by molar-refractivity contribution is -0.0687. The summed E-state index contributed by atoms with van der Waals surface area (Å²) in [6, 6.07) is 21.1. The lowest BCUT2D eigenvalue weighted by Gasteiger charge is -2.51. The highest BCUT2D eigenvalue weighted by Crippen LogP contribution is 2.45. The second-order valence-corrected chi connectivity index (χ2v) is 10.2. The maximum atomic E-state index is 14.2. The predicted octanol–water partition coefficient (Wildman–Crippen LogP) is 7.28. The quantitative estimate of drug-likeness (QED) is 0.286. The average Bonchev–Trinajstić information content (AvgIpc) is 2.81. The average molecular weight is 507 g/mol. The van der Waals surface area contributed by atoms with Crippen molar-refractivity contribution >= 4 is 11.6 Å². The molecular weight excluding hydrogens is 478 g/mol. The Labute approximate surface area is 216 Å². The number of nitriles is 1. The van der Waals surface area contributed by atoms with Gasteiger partial charge in [-0.3, -0.25) is 4.90 Å². The van der Waals surface area contributed by atoms with Crippen molar-refractivity contribution in [2.24, 2.45) is 5.92 Å². The molecule has 2 atom stereocenters. The monoisotopic (exact) mass is 506 g/mol. The van der Waals surface area contributed by atoms with Gasteiger partial charge in [0.25, 0.3) is 0 Å². The topological polar surface area (TPSA) is 36.3 Å². The molecule has 0 N–H and O–H groups in total. The molecule has 186 valence electrons. The van der Waals surface area contributed by atoms with Gasteiger partial charge in [-0.15, -0.1) is 6.58 Å². The van der Waals surface area contributed by atoms with Crippen LogP contribution in [0.15, 0.2) is 79.4 Å². The van der Waals surface area contributed by atoms with E-state index >= 15 is 0 Å². The molecule has 0 aliphatic carbocycles. The molecule has 1 aliphatic rings. The van der Waals surface area contributed by atoms with Gasteiger partial charge in [-0.2, -0.15) is 5.26 Å². The SMILES string of the molecule is C=CCOC(C)(C)[C@H](c1cc(F)cc(F)c1)C1CN([C@@H](c2ccc(Cl)cc2)c2cccc(C#N)c2)C1. The number of ether oxygens (including phenoxy) is 1. The highest BCUT2D eigenvalue weighted by molar-refractivity contribution is 6.30. The van der Waals surface area contributed by atoms with E-state index in [9.17, 15) is 14.0 Å². The van der Waals surface area contributed by atoms with Gasteiger partial charge in [-0.25, -0.2) is 8.78 Å². The van der Waals surface area contributed by atoms with Crippen LogP contribution in [0.25, 0.3) is 0 Å². The number of hydrogen-bond donors (Lipinski definition) is 0. The zero-order chi connectivity index (χ0) is 25.9. The highest BCUT2D eigenvalue weighted by Gasteiger charge is 2.45. The van der Waals surface area contributed by atoms with E-state index in [2.05, 4.69) is 17.5 Å². The standard InChI is InChI=1S/C30H29ClF2N2O/c1-4-12-36-30(2,3)28(23-14-26(32)16-27(33)15-23)24-18-35(19-24)29(21-8-10-25(31)11-9-21)22-7-5-6-20(13-22)17-34/h4-11,13-16,24,28-29H,1,12,18-19H2,2-3H3/t28-,29+/m1/s1. The third kappa shape index (κ3) is 5.68. The number of benzene rings is 3. The summed E-state index contributed by atoms with van der Waals surface area (Å²) in [5.41, 5.74) is 2.56. The Kier molecular flexibility index (Phi) is 7.90. The summed E-state index contributed by atoms with van der Waals surface area (Å²) in [6.07, 6.45) is 1.68. The maximum Gasteiger partial charge on any atom is 0.126 e. The Morgan fingerprint density at radius 1 is 1.06 bits per heavy atom. The Bertz CT molecular complexity index is 1240. The smallest absolute Gasteiger partial charge is 0.126 e. The third-order valence-corrected chi connectivity index (χ3v) is 7.11. The van der Waals surface area contributed by atoms with Crippen molar-refractivity contribution in [3.63, 3.8) is 0 Å². The van der Waals surface area contributed by atoms with E-state index < -0.39 is 17.2 Å². The van der Waals surface area contributed by atoms with Gasteiger partial charge < -0.3 is 4.74 Å². The van der Waals surface area contributed by atoms with E-state index in [1.54, 1.807) is 12.1 Å². The maximum absolute atomic E-state index is 14.2. The minimum atomic E-state index is -0.679. The summed E-state index contributed by atoms with van der Waals surface area (Å²) in [7, 11) is 0. The molecule has 4 rings (SSSR count). The molecule has 0 amide bonds. The van der Waals surface area contributed by atoms with Crippen LogP contribution in [0.1, 0.15) is 48.1 Å². The summed E-state index contributed by atoms with van der Waals surface area (Å²) in [6.45, 7) is 9.37. The Morgan fingerprint density at radius 2 is 1.72 bits per heavy atom. The summed E-state index contributed by atoms with van der Waals surface area (Å²) < 4.78 is 34.6. The van der Waals surface area contributed by atoms with Crippen LogP contribution < -0.4 is 0 Å². The van der Waals surface area contributed by atoms with Gasteiger partial charge in [-0.1, -0.05) is 41.9 Å². The minimum absolute atomic E-state index is 0.0890. The van der Waals surface area contributed by atoms with E-state index in [4.69, 9.17) is 16.3 Å². The molecule has 0 spiro atoms. The van der Waals surface area contributed by atoms with Crippen LogP contribution in [-0.2, 0) is 4.74 Å². The first-order valence-electron chi connectivity index (χ1n) is 11.9. The molecule has 1 saturated heterocycles. The largest absolute Gasteiger partial charge is 0.371 e. The van der Waals surface area contributed by atoms with E-state index in [1.165, 1.54) is 12.1 Å². The summed E-state index contributed by atoms with van der Waals surface area (Å²) in [5.74, 6) is -1.34. The number of nitrogens with zero attached hydrogens (tertiary/aromatic N) is 2. The zero-order valence-electron chi connectivity index (χ0n) is 20.4. The summed E-state index contributed by atoms with van der Waals surface area (Å²) >= 11 is 6.15. The van der Waals surface area contributed by atoms with Crippen molar-refractivity contribution in [3.05, 3.63) is 118 Å². The molecule has 3 nitrogen and oxygen atoms in total. The van der Waals surface area contributed by atoms with Crippen molar-refractivity contribution < 1.29 is 13.5 Å². The number of hydrogen-bond acceptors (Lipinski definition) is 3. The van der Waals surface area contributed by atoms with Gasteiger partial charge in [-0.05, 0) is 72.9 Å². The second-order valence-electron chi connectivity index (χ2n) is 9.79. The minimum Gasteiger partial charge on any atom is -0.371 e. The molecule has 36 heavy (non-hydrogen) atoms. The van der Waals surface area contributed by atoms with Gasteiger partial charge in [0.1, 0.15) is 11.6 Å². The van der Waals surface area contributed by atoms with Crippen LogP contribution in [-0.4, -0.2) is 30.2 Å². The highest BCUT2D eigenvalue weighted by atomic mass is 35.5. The van der Waals surface area contributed by atoms with Crippen molar-refractivity contribution in [2.75, 3.05) is 19.7 Å². The van der Waals surface area contributed by atoms with E-state index in [0.717, 1.165) is 17.2 Å². The number of rotatable bonds is 9. The number of likely N-dealkylation sites (tertiary alicyclic amines) is 1. The Hall–Kier alpha value is -3.04. The Balaban J connectivity index is 1.67. The molecule has 0 aromatic heterocycles. The van der Waals surface area contributed by atoms with Crippen LogP contribution >= 0.6 is 11.6 Å². The first-order chi connectivity index (χ1) is 17.2. The van der Waals surface area contributed by atoms with Crippen LogP contribution in [0.4, 0.5) is 8.78 Å². The van der Waals surface area contributed by atoms with Gasteiger partial charge in [0.05, 0.1) is 29.9 Å². The van der Waals surface area contributed by atoms with Crippen LogP contribution in [0.3, 0.4) is 0 Å². The first kappa shape index (κ1) is 26.0.